The fraction of sp³-hybridized carbons (Fsp3) is 0.280. The molecule has 2 amide bonds. The molecule has 0 unspecified atom stereocenters. The molecule has 1 atom stereocenters. The number of pyridine rings is 2. The van der Waals surface area contributed by atoms with E-state index in [1.165, 1.54) is 24.5 Å². The van der Waals surface area contributed by atoms with Crippen molar-refractivity contribution in [1.29, 1.82) is 0 Å². The minimum atomic E-state index is -0.745. The molecule has 9 nitrogen and oxygen atoms in total. The maximum Gasteiger partial charge on any atom is 0.255 e. The van der Waals surface area contributed by atoms with Crippen molar-refractivity contribution in [1.82, 2.24) is 19.8 Å². The van der Waals surface area contributed by atoms with Crippen LogP contribution in [0.25, 0.3) is 0 Å². The Bertz CT molecular complexity index is 1250. The summed E-state index contributed by atoms with van der Waals surface area (Å²) in [5.41, 5.74) is 6.05. The molecule has 0 spiro atoms. The number of nitrogens with one attached hydrogen (secondary N) is 2. The first-order valence-corrected chi connectivity index (χ1v) is 11.4. The highest BCUT2D eigenvalue weighted by atomic mass is 19.1. The van der Waals surface area contributed by atoms with Crippen LogP contribution < -0.4 is 16.4 Å². The molecule has 188 valence electrons. The van der Waals surface area contributed by atoms with E-state index in [0.29, 0.717) is 36.3 Å². The lowest BCUT2D eigenvalue weighted by atomic mass is 10.1. The second-order valence-corrected chi connectivity index (χ2v) is 8.75. The van der Waals surface area contributed by atoms with Crippen LogP contribution >= 0.6 is 0 Å². The predicted molar refractivity (Wildman–Crippen MR) is 132 cm³/mol. The van der Waals surface area contributed by atoms with Crippen LogP contribution in [0.5, 0.6) is 0 Å². The first-order valence-electron chi connectivity index (χ1n) is 11.4. The van der Waals surface area contributed by atoms with Crippen LogP contribution in [-0.2, 0) is 6.54 Å². The summed E-state index contributed by atoms with van der Waals surface area (Å²) in [4.78, 5) is 37.0. The van der Waals surface area contributed by atoms with Gasteiger partial charge in [0.1, 0.15) is 23.3 Å². The number of halogens is 2. The van der Waals surface area contributed by atoms with Crippen LogP contribution in [0, 0.1) is 11.6 Å². The summed E-state index contributed by atoms with van der Waals surface area (Å²) in [6.45, 7) is 1.17. The molecule has 1 aliphatic heterocycles. The average Bonchev–Trinajstić information content (AvgIpc) is 3.35. The lowest BCUT2D eigenvalue weighted by Gasteiger charge is -2.20. The van der Waals surface area contributed by atoms with Gasteiger partial charge in [0.25, 0.3) is 11.8 Å². The molecule has 3 aromatic rings. The van der Waals surface area contributed by atoms with E-state index in [-0.39, 0.29) is 29.3 Å². The molecule has 1 aromatic carbocycles. The van der Waals surface area contributed by atoms with Gasteiger partial charge >= 0.3 is 0 Å². The van der Waals surface area contributed by atoms with Gasteiger partial charge in [0.15, 0.2) is 0 Å². The highest BCUT2D eigenvalue weighted by Crippen LogP contribution is 2.23. The third kappa shape index (κ3) is 5.57. The van der Waals surface area contributed by atoms with Gasteiger partial charge in [-0.05, 0) is 44.8 Å². The number of benzene rings is 1. The summed E-state index contributed by atoms with van der Waals surface area (Å²) < 4.78 is 28.0. The Kier molecular flexibility index (Phi) is 7.39. The van der Waals surface area contributed by atoms with E-state index >= 15 is 0 Å². The Balaban J connectivity index is 1.46. The van der Waals surface area contributed by atoms with Crippen molar-refractivity contribution < 1.29 is 18.4 Å². The number of aromatic nitrogens is 2. The topological polar surface area (TPSA) is 116 Å². The van der Waals surface area contributed by atoms with Crippen LogP contribution in [-0.4, -0.2) is 64.8 Å². The fourth-order valence-electron chi connectivity index (χ4n) is 4.01. The van der Waals surface area contributed by atoms with E-state index in [1.54, 1.807) is 12.1 Å². The Labute approximate surface area is 207 Å². The molecule has 0 saturated carbocycles. The fourth-order valence-corrected chi connectivity index (χ4v) is 4.01. The lowest BCUT2D eigenvalue weighted by molar-refractivity contribution is 0.0782. The maximum absolute atomic E-state index is 14.0. The SMILES string of the molecule is CN(C)[C@@H]1CCN(C(=O)c2ccc(Nc3cc(NCc4c(F)cccc4F)c(C(N)=O)cn3)nc2)C1. The van der Waals surface area contributed by atoms with E-state index < -0.39 is 17.5 Å². The number of nitrogens with zero attached hydrogens (tertiary/aromatic N) is 4. The van der Waals surface area contributed by atoms with Crippen molar-refractivity contribution in [2.24, 2.45) is 5.73 Å². The van der Waals surface area contributed by atoms with Gasteiger partial charge in [0, 0.05) is 49.7 Å². The molecule has 1 saturated heterocycles. The molecular formula is C25H27F2N7O2. The third-order valence-electron chi connectivity index (χ3n) is 6.13. The van der Waals surface area contributed by atoms with Gasteiger partial charge in [-0.3, -0.25) is 9.59 Å². The highest BCUT2D eigenvalue weighted by Gasteiger charge is 2.28. The maximum atomic E-state index is 14.0. The van der Waals surface area contributed by atoms with Gasteiger partial charge < -0.3 is 26.2 Å². The zero-order valence-electron chi connectivity index (χ0n) is 20.0. The number of carbonyl (C=O) groups excluding carboxylic acids is 2. The monoisotopic (exact) mass is 495 g/mol. The molecule has 0 radical (unpaired) electrons. The highest BCUT2D eigenvalue weighted by molar-refractivity contribution is 5.98. The van der Waals surface area contributed by atoms with Crippen molar-refractivity contribution in [3.8, 4) is 0 Å². The van der Waals surface area contributed by atoms with Gasteiger partial charge in [-0.2, -0.15) is 0 Å². The number of carbonyl (C=O) groups is 2. The Hall–Kier alpha value is -4.12. The van der Waals surface area contributed by atoms with Crippen molar-refractivity contribution in [3.05, 3.63) is 77.1 Å². The Morgan fingerprint density at radius 2 is 1.83 bits per heavy atom. The van der Waals surface area contributed by atoms with E-state index in [4.69, 9.17) is 5.73 Å². The third-order valence-corrected chi connectivity index (χ3v) is 6.13. The molecule has 3 heterocycles. The zero-order chi connectivity index (χ0) is 25.8. The molecule has 1 aliphatic rings. The van der Waals surface area contributed by atoms with Crippen molar-refractivity contribution >= 4 is 29.1 Å². The number of likely N-dealkylation sites (N-methyl/N-ethyl adjacent to an activating group) is 1. The van der Waals surface area contributed by atoms with E-state index in [1.807, 2.05) is 19.0 Å². The van der Waals surface area contributed by atoms with Gasteiger partial charge in [0.05, 0.1) is 16.8 Å². The summed E-state index contributed by atoms with van der Waals surface area (Å²) in [5.74, 6) is -1.50. The Morgan fingerprint density at radius 1 is 1.11 bits per heavy atom. The van der Waals surface area contributed by atoms with Crippen LogP contribution in [0.15, 0.2) is 48.8 Å². The number of nitrogens with two attached hydrogens (primary N) is 1. The number of rotatable bonds is 8. The quantitative estimate of drug-likeness (QED) is 0.440. The van der Waals surface area contributed by atoms with Gasteiger partial charge in [0.2, 0.25) is 0 Å². The first-order chi connectivity index (χ1) is 17.2. The summed E-state index contributed by atoms with van der Waals surface area (Å²) in [6, 6.07) is 8.74. The number of amides is 2. The average molecular weight is 496 g/mol. The van der Waals surface area contributed by atoms with Crippen LogP contribution in [0.2, 0.25) is 0 Å². The minimum Gasteiger partial charge on any atom is -0.380 e. The van der Waals surface area contributed by atoms with Crippen molar-refractivity contribution in [2.75, 3.05) is 37.8 Å². The van der Waals surface area contributed by atoms with E-state index in [2.05, 4.69) is 25.5 Å². The number of primary amides is 1. The van der Waals surface area contributed by atoms with Crippen LogP contribution in [0.4, 0.5) is 26.1 Å². The van der Waals surface area contributed by atoms with Crippen LogP contribution in [0.3, 0.4) is 0 Å². The molecule has 0 bridgehead atoms. The summed E-state index contributed by atoms with van der Waals surface area (Å²) >= 11 is 0. The molecule has 11 heteroatoms. The minimum absolute atomic E-state index is 0.0628. The molecule has 36 heavy (non-hydrogen) atoms. The lowest BCUT2D eigenvalue weighted by Crippen LogP contribution is -2.34. The van der Waals surface area contributed by atoms with Gasteiger partial charge in [-0.1, -0.05) is 6.07 Å². The number of hydrogen-bond acceptors (Lipinski definition) is 7. The molecule has 0 aliphatic carbocycles. The molecule has 4 rings (SSSR count). The predicted octanol–water partition coefficient (Wildman–Crippen LogP) is 2.99. The van der Waals surface area contributed by atoms with Gasteiger partial charge in [-0.25, -0.2) is 18.7 Å². The first kappa shape index (κ1) is 25.0. The number of likely N-dealkylation sites (tertiary alicyclic amines) is 1. The van der Waals surface area contributed by atoms with E-state index in [9.17, 15) is 18.4 Å². The Morgan fingerprint density at radius 3 is 2.44 bits per heavy atom. The number of anilines is 3. The summed E-state index contributed by atoms with van der Waals surface area (Å²) in [6.07, 6.45) is 3.68. The summed E-state index contributed by atoms with van der Waals surface area (Å²) in [7, 11) is 4.01. The normalized spacial score (nSPS) is 15.2. The molecule has 2 aromatic heterocycles. The zero-order valence-corrected chi connectivity index (χ0v) is 20.0. The van der Waals surface area contributed by atoms with E-state index in [0.717, 1.165) is 18.6 Å². The van der Waals surface area contributed by atoms with Crippen LogP contribution in [0.1, 0.15) is 32.7 Å². The summed E-state index contributed by atoms with van der Waals surface area (Å²) in [5, 5.41) is 5.85. The second kappa shape index (κ2) is 10.6. The molecule has 1 fully saturated rings. The number of hydrogen-bond donors (Lipinski definition) is 3. The second-order valence-electron chi connectivity index (χ2n) is 8.75. The van der Waals surface area contributed by atoms with Crippen molar-refractivity contribution in [2.45, 2.75) is 19.0 Å². The molecular weight excluding hydrogens is 468 g/mol. The van der Waals surface area contributed by atoms with Crippen molar-refractivity contribution in [3.63, 3.8) is 0 Å². The van der Waals surface area contributed by atoms with Gasteiger partial charge in [-0.15, -0.1) is 0 Å². The largest absolute Gasteiger partial charge is 0.380 e. The smallest absolute Gasteiger partial charge is 0.255 e. The molecule has 4 N–H and O–H groups in total. The standard InChI is InChI=1S/C25H27F2N7O2/c1-33(2)16-8-9-34(14-16)25(36)15-6-7-22(30-11-15)32-23-10-21(18(13-31-23)24(28)35)29-12-17-19(26)4-3-5-20(17)27/h3-7,10-11,13,16H,8-9,12,14H2,1-2H3,(H2,28,35)(H2,29,30,31,32)/t16-/m1/s1.